The van der Waals surface area contributed by atoms with Gasteiger partial charge < -0.3 is 23.8 Å². The summed E-state index contributed by atoms with van der Waals surface area (Å²) in [6.07, 6.45) is 7.74. The standard InChI is InChI=1S/C44H50N8O7/c1-47-25-35(31-8-11-45-21-34(31)42(47)55)28-18-38(58-2)36(39(19-28)59-3)26-49-14-16-50(17-15-49)29-9-12-48(13-10-29)22-27-23-51(24-27)30-4-5-32-33(20-30)44(57)52(43(32)56)37-6-7-40(53)46-41(37)54/h4-5,8,11,18-21,25,27,29,37H,6-7,9-10,12-17,22-24,26H2,1-3H3,(H,46,53,54). The van der Waals surface area contributed by atoms with E-state index in [1.165, 1.54) is 0 Å². The van der Waals surface area contributed by atoms with Crippen LogP contribution in [-0.4, -0.2) is 138 Å². The lowest BCUT2D eigenvalue weighted by Crippen LogP contribution is -2.55. The third kappa shape index (κ3) is 7.25. The Labute approximate surface area is 342 Å². The minimum Gasteiger partial charge on any atom is -0.496 e. The van der Waals surface area contributed by atoms with Gasteiger partial charge in [0.05, 0.1) is 36.3 Å². The first-order chi connectivity index (χ1) is 28.6. The van der Waals surface area contributed by atoms with E-state index < -0.39 is 23.8 Å². The molecule has 5 aliphatic heterocycles. The molecule has 308 valence electrons. The highest BCUT2D eigenvalue weighted by atomic mass is 16.5. The van der Waals surface area contributed by atoms with Crippen molar-refractivity contribution in [2.45, 2.75) is 44.3 Å². The molecule has 0 bridgehead atoms. The van der Waals surface area contributed by atoms with Crippen LogP contribution in [0.4, 0.5) is 5.69 Å². The average molecular weight is 803 g/mol. The molecule has 0 aliphatic carbocycles. The topological polar surface area (TPSA) is 150 Å². The molecule has 7 heterocycles. The van der Waals surface area contributed by atoms with E-state index in [-0.39, 0.29) is 24.3 Å². The van der Waals surface area contributed by atoms with Gasteiger partial charge in [0.1, 0.15) is 17.5 Å². The Kier molecular flexibility index (Phi) is 10.4. The molecule has 15 nitrogen and oxygen atoms in total. The second kappa shape index (κ2) is 15.8. The maximum absolute atomic E-state index is 13.3. The fourth-order valence-electron chi connectivity index (χ4n) is 9.73. The SMILES string of the molecule is COc1cc(-c2cn(C)c(=O)c3cnccc23)cc(OC)c1CN1CCN(C2CCN(CC3CN(c4ccc5c(c4)C(=O)N(C4CCC(=O)NC4=O)C5=O)C3)CC2)CC1. The molecular formula is C44H50N8O7. The van der Waals surface area contributed by atoms with Gasteiger partial charge in [-0.05, 0) is 79.7 Å². The highest BCUT2D eigenvalue weighted by molar-refractivity contribution is 6.23. The zero-order chi connectivity index (χ0) is 40.9. The maximum atomic E-state index is 13.3. The number of hydrogen-bond acceptors (Lipinski definition) is 12. The molecule has 9 rings (SSSR count). The number of benzene rings is 2. The lowest BCUT2D eigenvalue weighted by molar-refractivity contribution is -0.136. The first-order valence-corrected chi connectivity index (χ1v) is 20.6. The summed E-state index contributed by atoms with van der Waals surface area (Å²) in [5.74, 6) is 0.119. The largest absolute Gasteiger partial charge is 0.496 e. The fraction of sp³-hybridized carbons (Fsp3) is 0.455. The van der Waals surface area contributed by atoms with Crippen molar-refractivity contribution in [1.29, 1.82) is 0 Å². The van der Waals surface area contributed by atoms with Crippen molar-refractivity contribution in [3.05, 3.63) is 82.0 Å². The number of nitrogens with one attached hydrogen (secondary N) is 1. The van der Waals surface area contributed by atoms with Crippen LogP contribution in [-0.2, 0) is 23.2 Å². The molecule has 1 atom stereocenters. The van der Waals surface area contributed by atoms with Crippen LogP contribution >= 0.6 is 0 Å². The van der Waals surface area contributed by atoms with Crippen LogP contribution in [0, 0.1) is 5.92 Å². The molecule has 0 radical (unpaired) electrons. The number of hydrogen-bond donors (Lipinski definition) is 1. The van der Waals surface area contributed by atoms with Crippen molar-refractivity contribution >= 4 is 40.1 Å². The predicted molar refractivity (Wildman–Crippen MR) is 221 cm³/mol. The summed E-state index contributed by atoms with van der Waals surface area (Å²) in [7, 11) is 5.14. The average Bonchev–Trinajstić information content (AvgIpc) is 3.48. The summed E-state index contributed by atoms with van der Waals surface area (Å²) in [4.78, 5) is 78.5. The van der Waals surface area contributed by atoms with Crippen LogP contribution in [0.1, 0.15) is 52.0 Å². The van der Waals surface area contributed by atoms with Crippen molar-refractivity contribution in [3.63, 3.8) is 0 Å². The second-order valence-electron chi connectivity index (χ2n) is 16.5. The maximum Gasteiger partial charge on any atom is 0.262 e. The van der Waals surface area contributed by atoms with E-state index in [4.69, 9.17) is 9.47 Å². The Hall–Kier alpha value is -5.64. The van der Waals surface area contributed by atoms with Gasteiger partial charge in [-0.1, -0.05) is 0 Å². The second-order valence-corrected chi connectivity index (χ2v) is 16.5. The van der Waals surface area contributed by atoms with Gasteiger partial charge in [0.15, 0.2) is 0 Å². The Morgan fingerprint density at radius 2 is 1.49 bits per heavy atom. The van der Waals surface area contributed by atoms with E-state index in [1.807, 2.05) is 30.5 Å². The molecule has 5 aliphatic rings. The third-order valence-electron chi connectivity index (χ3n) is 13.0. The number of amides is 4. The number of rotatable bonds is 10. The number of anilines is 1. The number of pyridine rings is 2. The van der Waals surface area contributed by atoms with Gasteiger partial charge in [-0.2, -0.15) is 0 Å². The smallest absolute Gasteiger partial charge is 0.262 e. The molecule has 1 unspecified atom stereocenters. The number of imide groups is 2. The van der Waals surface area contributed by atoms with E-state index in [2.05, 4.69) is 29.9 Å². The van der Waals surface area contributed by atoms with E-state index in [1.54, 1.807) is 50.4 Å². The lowest BCUT2D eigenvalue weighted by Gasteiger charge is -2.46. The minimum absolute atomic E-state index is 0.0855. The zero-order valence-corrected chi connectivity index (χ0v) is 33.8. The summed E-state index contributed by atoms with van der Waals surface area (Å²) in [6, 6.07) is 10.9. The quantitative estimate of drug-likeness (QED) is 0.235. The first-order valence-electron chi connectivity index (χ1n) is 20.6. The normalized spacial score (nSPS) is 21.2. The highest BCUT2D eigenvalue weighted by Gasteiger charge is 2.45. The number of ether oxygens (including phenoxy) is 2. The Bertz CT molecular complexity index is 2370. The third-order valence-corrected chi connectivity index (χ3v) is 13.0. The molecule has 4 fully saturated rings. The Morgan fingerprint density at radius 3 is 2.19 bits per heavy atom. The van der Waals surface area contributed by atoms with Crippen LogP contribution < -0.4 is 25.2 Å². The van der Waals surface area contributed by atoms with Gasteiger partial charge in [-0.25, -0.2) is 0 Å². The molecular weight excluding hydrogens is 753 g/mol. The summed E-state index contributed by atoms with van der Waals surface area (Å²) >= 11 is 0. The summed E-state index contributed by atoms with van der Waals surface area (Å²) in [5, 5.41) is 3.66. The van der Waals surface area contributed by atoms with Crippen molar-refractivity contribution in [3.8, 4) is 22.6 Å². The molecule has 2 aromatic heterocycles. The number of carbonyl (C=O) groups is 4. The van der Waals surface area contributed by atoms with E-state index in [9.17, 15) is 24.0 Å². The number of likely N-dealkylation sites (tertiary alicyclic amines) is 1. The zero-order valence-electron chi connectivity index (χ0n) is 33.8. The number of aryl methyl sites for hydroxylation is 1. The van der Waals surface area contributed by atoms with Crippen molar-refractivity contribution in [1.82, 2.24) is 34.5 Å². The molecule has 0 saturated carbocycles. The van der Waals surface area contributed by atoms with Gasteiger partial charge in [-0.15, -0.1) is 0 Å². The minimum atomic E-state index is -0.961. The van der Waals surface area contributed by atoms with E-state index >= 15 is 0 Å². The number of piperidine rings is 2. The molecule has 4 saturated heterocycles. The molecule has 2 aromatic carbocycles. The van der Waals surface area contributed by atoms with Crippen molar-refractivity contribution in [2.24, 2.45) is 13.0 Å². The Balaban J connectivity index is 0.751. The summed E-state index contributed by atoms with van der Waals surface area (Å²) in [5.41, 5.74) is 4.30. The molecule has 59 heavy (non-hydrogen) atoms. The number of nitrogens with zero attached hydrogens (tertiary/aromatic N) is 7. The van der Waals surface area contributed by atoms with Crippen LogP contribution in [0.15, 0.2) is 59.8 Å². The van der Waals surface area contributed by atoms with Crippen LogP contribution in [0.2, 0.25) is 0 Å². The number of carbonyl (C=O) groups excluding carboxylic acids is 4. The lowest BCUT2D eigenvalue weighted by atomic mass is 9.95. The van der Waals surface area contributed by atoms with Gasteiger partial charge in [0, 0.05) is 108 Å². The molecule has 4 amide bonds. The van der Waals surface area contributed by atoms with Gasteiger partial charge in [-0.3, -0.25) is 49.0 Å². The van der Waals surface area contributed by atoms with Gasteiger partial charge in [0.25, 0.3) is 17.4 Å². The number of fused-ring (bicyclic) bond motifs is 2. The van der Waals surface area contributed by atoms with Crippen LogP contribution in [0.5, 0.6) is 11.5 Å². The van der Waals surface area contributed by atoms with Crippen molar-refractivity contribution < 1.29 is 28.7 Å². The van der Waals surface area contributed by atoms with Crippen LogP contribution in [0.25, 0.3) is 21.9 Å². The fourth-order valence-corrected chi connectivity index (χ4v) is 9.73. The molecule has 15 heteroatoms. The van der Waals surface area contributed by atoms with Crippen molar-refractivity contribution in [2.75, 3.05) is 78.0 Å². The van der Waals surface area contributed by atoms with E-state index in [0.717, 1.165) is 122 Å². The van der Waals surface area contributed by atoms with Gasteiger partial charge in [0.2, 0.25) is 11.8 Å². The van der Waals surface area contributed by atoms with Crippen LogP contribution in [0.3, 0.4) is 0 Å². The highest BCUT2D eigenvalue weighted by Crippen LogP contribution is 2.38. The Morgan fingerprint density at radius 1 is 0.780 bits per heavy atom. The number of piperazine rings is 1. The van der Waals surface area contributed by atoms with Gasteiger partial charge >= 0.3 is 0 Å². The molecule has 1 N–H and O–H groups in total. The first kappa shape index (κ1) is 38.9. The monoisotopic (exact) mass is 802 g/mol. The number of methoxy groups -OCH3 is 2. The molecule has 0 spiro atoms. The molecule has 4 aromatic rings. The van der Waals surface area contributed by atoms with E-state index in [0.29, 0.717) is 28.5 Å². The predicted octanol–water partition coefficient (Wildman–Crippen LogP) is 2.74. The number of aromatic nitrogens is 2. The summed E-state index contributed by atoms with van der Waals surface area (Å²) in [6.45, 7) is 9.65. The summed E-state index contributed by atoms with van der Waals surface area (Å²) < 4.78 is 13.5.